The molecule has 2 rings (SSSR count). The molecule has 1 saturated carbocycles. The first-order chi connectivity index (χ1) is 7.56. The van der Waals surface area contributed by atoms with Crippen LogP contribution in [0.5, 0.6) is 0 Å². The second-order valence-corrected chi connectivity index (χ2v) is 5.23. The number of aliphatic hydroxyl groups is 1. The second-order valence-electron chi connectivity index (χ2n) is 3.98. The van der Waals surface area contributed by atoms with E-state index in [4.69, 9.17) is 5.11 Å². The number of nitrogens with one attached hydrogen (secondary N) is 1. The maximum Gasteiger partial charge on any atom is 0.293 e. The van der Waals surface area contributed by atoms with Crippen LogP contribution in [-0.4, -0.2) is 22.2 Å². The van der Waals surface area contributed by atoms with Crippen molar-refractivity contribution in [3.05, 3.63) is 31.9 Å². The molecule has 1 aliphatic rings. The van der Waals surface area contributed by atoms with Crippen LogP contribution in [0.1, 0.15) is 12.8 Å². The summed E-state index contributed by atoms with van der Waals surface area (Å²) < 4.78 is 0.823. The van der Waals surface area contributed by atoms with Crippen LogP contribution in [0.3, 0.4) is 0 Å². The quantitative estimate of drug-likeness (QED) is 0.503. The number of aliphatic hydroxyl groups excluding tert-OH is 1. The lowest BCUT2D eigenvalue weighted by Gasteiger charge is -2.15. The number of nitro groups is 1. The Kier molecular flexibility index (Phi) is 3.02. The third-order valence-electron chi connectivity index (χ3n) is 2.71. The van der Waals surface area contributed by atoms with Crippen molar-refractivity contribution in [3.8, 4) is 0 Å². The van der Waals surface area contributed by atoms with Gasteiger partial charge in [-0.05, 0) is 47.6 Å². The smallest absolute Gasteiger partial charge is 0.293 e. The van der Waals surface area contributed by atoms with Gasteiger partial charge in [0.1, 0.15) is 5.69 Å². The average Bonchev–Trinajstić information content (AvgIpc) is 3.01. The fourth-order valence-corrected chi connectivity index (χ4v) is 2.00. The summed E-state index contributed by atoms with van der Waals surface area (Å²) in [4.78, 5) is 10.5. The van der Waals surface area contributed by atoms with E-state index in [0.29, 0.717) is 5.69 Å². The van der Waals surface area contributed by atoms with Crippen LogP contribution in [0, 0.1) is 13.7 Å². The molecule has 0 spiro atoms. The third kappa shape index (κ3) is 2.27. The highest BCUT2D eigenvalue weighted by Gasteiger charge is 2.43. The van der Waals surface area contributed by atoms with Crippen molar-refractivity contribution in [2.45, 2.75) is 18.4 Å². The maximum atomic E-state index is 10.9. The molecule has 0 heterocycles. The van der Waals surface area contributed by atoms with Crippen molar-refractivity contribution in [2.75, 3.05) is 11.9 Å². The van der Waals surface area contributed by atoms with Crippen molar-refractivity contribution in [2.24, 2.45) is 0 Å². The lowest BCUT2D eigenvalue weighted by molar-refractivity contribution is -0.384. The molecule has 6 heteroatoms. The molecule has 1 aromatic carbocycles. The molecule has 0 saturated heterocycles. The topological polar surface area (TPSA) is 75.4 Å². The summed E-state index contributed by atoms with van der Waals surface area (Å²) in [7, 11) is 0. The SMILES string of the molecule is O=[N+]([O-])c1cc(I)ccc1NC1(CO)CC1. The van der Waals surface area contributed by atoms with Gasteiger partial charge in [-0.25, -0.2) is 0 Å². The van der Waals surface area contributed by atoms with Gasteiger partial charge in [-0.1, -0.05) is 0 Å². The van der Waals surface area contributed by atoms with E-state index in [9.17, 15) is 10.1 Å². The number of benzene rings is 1. The van der Waals surface area contributed by atoms with Crippen LogP contribution >= 0.6 is 22.6 Å². The Hall–Kier alpha value is -0.890. The lowest BCUT2D eigenvalue weighted by atomic mass is 10.2. The van der Waals surface area contributed by atoms with Gasteiger partial charge in [-0.2, -0.15) is 0 Å². The van der Waals surface area contributed by atoms with Crippen LogP contribution in [-0.2, 0) is 0 Å². The Morgan fingerprint density at radius 3 is 2.75 bits per heavy atom. The molecule has 1 fully saturated rings. The highest BCUT2D eigenvalue weighted by atomic mass is 127. The highest BCUT2D eigenvalue weighted by molar-refractivity contribution is 14.1. The lowest BCUT2D eigenvalue weighted by Crippen LogP contribution is -2.26. The van der Waals surface area contributed by atoms with Gasteiger partial charge in [0.2, 0.25) is 0 Å². The monoisotopic (exact) mass is 334 g/mol. The van der Waals surface area contributed by atoms with Gasteiger partial charge >= 0.3 is 0 Å². The molecule has 1 aromatic rings. The fraction of sp³-hybridized carbons (Fsp3) is 0.400. The van der Waals surface area contributed by atoms with Gasteiger partial charge in [0.25, 0.3) is 5.69 Å². The number of hydrogen-bond acceptors (Lipinski definition) is 4. The molecule has 1 aliphatic carbocycles. The zero-order valence-corrected chi connectivity index (χ0v) is 10.6. The Bertz CT molecular complexity index is 432. The van der Waals surface area contributed by atoms with Crippen LogP contribution in [0.2, 0.25) is 0 Å². The summed E-state index contributed by atoms with van der Waals surface area (Å²) >= 11 is 2.04. The second kappa shape index (κ2) is 4.17. The van der Waals surface area contributed by atoms with Gasteiger partial charge in [-0.3, -0.25) is 10.1 Å². The first kappa shape index (κ1) is 11.6. The van der Waals surface area contributed by atoms with Crippen molar-refractivity contribution >= 4 is 34.0 Å². The normalized spacial score (nSPS) is 16.9. The van der Waals surface area contributed by atoms with E-state index in [1.807, 2.05) is 28.7 Å². The molecular weight excluding hydrogens is 323 g/mol. The van der Waals surface area contributed by atoms with E-state index in [1.54, 1.807) is 6.07 Å². The molecule has 0 bridgehead atoms. The molecule has 0 radical (unpaired) electrons. The minimum Gasteiger partial charge on any atom is -0.394 e. The number of hydrogen-bond donors (Lipinski definition) is 2. The number of halogens is 1. The van der Waals surface area contributed by atoms with Gasteiger partial charge < -0.3 is 10.4 Å². The minimum atomic E-state index is -0.405. The van der Waals surface area contributed by atoms with Crippen molar-refractivity contribution in [1.82, 2.24) is 0 Å². The van der Waals surface area contributed by atoms with Gasteiger partial charge in [0.15, 0.2) is 0 Å². The van der Waals surface area contributed by atoms with Crippen LogP contribution in [0.4, 0.5) is 11.4 Å². The van der Waals surface area contributed by atoms with Crippen molar-refractivity contribution < 1.29 is 10.0 Å². The van der Waals surface area contributed by atoms with E-state index in [2.05, 4.69) is 5.32 Å². The Morgan fingerprint density at radius 2 is 2.25 bits per heavy atom. The third-order valence-corrected chi connectivity index (χ3v) is 3.38. The van der Waals surface area contributed by atoms with Crippen LogP contribution in [0.25, 0.3) is 0 Å². The van der Waals surface area contributed by atoms with Gasteiger partial charge in [0.05, 0.1) is 17.1 Å². The fourth-order valence-electron chi connectivity index (χ4n) is 1.52. The summed E-state index contributed by atoms with van der Waals surface area (Å²) in [6, 6.07) is 5.02. The predicted octanol–water partition coefficient (Wildman–Crippen LogP) is 2.14. The van der Waals surface area contributed by atoms with Gasteiger partial charge in [0, 0.05) is 9.64 Å². The molecule has 0 unspecified atom stereocenters. The van der Waals surface area contributed by atoms with E-state index >= 15 is 0 Å². The summed E-state index contributed by atoms with van der Waals surface area (Å²) in [6.45, 7) is 0.0101. The first-order valence-electron chi connectivity index (χ1n) is 4.89. The molecule has 0 atom stereocenters. The standard InChI is InChI=1S/C10H11IN2O3/c11-7-1-2-8(9(5-7)13(15)16)12-10(6-14)3-4-10/h1-2,5,12,14H,3-4,6H2. The molecule has 0 aromatic heterocycles. The molecular formula is C10H11IN2O3. The van der Waals surface area contributed by atoms with Crippen molar-refractivity contribution in [1.29, 1.82) is 0 Å². The molecule has 5 nitrogen and oxygen atoms in total. The van der Waals surface area contributed by atoms with Crippen molar-refractivity contribution in [3.63, 3.8) is 0 Å². The van der Waals surface area contributed by atoms with E-state index in [-0.39, 0.29) is 17.8 Å². The molecule has 2 N–H and O–H groups in total. The van der Waals surface area contributed by atoms with Gasteiger partial charge in [-0.15, -0.1) is 0 Å². The van der Waals surface area contributed by atoms with E-state index in [1.165, 1.54) is 6.07 Å². The number of nitro benzene ring substituents is 1. The summed E-state index contributed by atoms with van der Waals surface area (Å²) in [5.74, 6) is 0. The predicted molar refractivity (Wildman–Crippen MR) is 68.5 cm³/mol. The zero-order valence-electron chi connectivity index (χ0n) is 8.44. The summed E-state index contributed by atoms with van der Waals surface area (Å²) in [6.07, 6.45) is 1.71. The van der Waals surface area contributed by atoms with Crippen LogP contribution < -0.4 is 5.32 Å². The Morgan fingerprint density at radius 1 is 1.56 bits per heavy atom. The first-order valence-corrected chi connectivity index (χ1v) is 5.97. The number of rotatable bonds is 4. The zero-order chi connectivity index (χ0) is 11.8. The molecule has 0 amide bonds. The number of nitrogens with zero attached hydrogens (tertiary/aromatic N) is 1. The van der Waals surface area contributed by atoms with E-state index in [0.717, 1.165) is 16.4 Å². The minimum absolute atomic E-state index is 0.0101. The van der Waals surface area contributed by atoms with Crippen LogP contribution in [0.15, 0.2) is 18.2 Å². The number of anilines is 1. The summed E-state index contributed by atoms with van der Waals surface area (Å²) in [5, 5.41) is 23.1. The average molecular weight is 334 g/mol. The molecule has 16 heavy (non-hydrogen) atoms. The van der Waals surface area contributed by atoms with E-state index < -0.39 is 4.92 Å². The Balaban J connectivity index is 2.29. The highest BCUT2D eigenvalue weighted by Crippen LogP contribution is 2.40. The Labute approximate surface area is 106 Å². The molecule has 86 valence electrons. The maximum absolute atomic E-state index is 10.9. The largest absolute Gasteiger partial charge is 0.394 e. The summed E-state index contributed by atoms with van der Waals surface area (Å²) in [5.41, 5.74) is 0.209. The molecule has 0 aliphatic heterocycles.